The molecule has 3 aromatic rings. The highest BCUT2D eigenvalue weighted by Gasteiger charge is 2.23. The lowest BCUT2D eigenvalue weighted by Gasteiger charge is -2.32. The largest absolute Gasteiger partial charge is 0.411 e. The van der Waals surface area contributed by atoms with Gasteiger partial charge in [0.2, 0.25) is 11.8 Å². The number of carbonyl (C=O) groups is 1. The molecule has 4 rings (SSSR count). The van der Waals surface area contributed by atoms with E-state index in [-0.39, 0.29) is 5.91 Å². The second-order valence-electron chi connectivity index (χ2n) is 7.16. The Hall–Kier alpha value is -2.12. The summed E-state index contributed by atoms with van der Waals surface area (Å²) in [5, 5.41) is 8.58. The van der Waals surface area contributed by atoms with Gasteiger partial charge >= 0.3 is 0 Å². The van der Waals surface area contributed by atoms with Crippen molar-refractivity contribution in [2.24, 2.45) is 5.92 Å². The Balaban J connectivity index is 1.25. The summed E-state index contributed by atoms with van der Waals surface area (Å²) in [4.78, 5) is 14.5. The van der Waals surface area contributed by atoms with E-state index < -0.39 is 0 Å². The molecule has 2 aromatic carbocycles. The van der Waals surface area contributed by atoms with E-state index in [9.17, 15) is 4.79 Å². The zero-order valence-electron chi connectivity index (χ0n) is 16.0. The molecule has 0 atom stereocenters. The summed E-state index contributed by atoms with van der Waals surface area (Å²) in [6, 6.07) is 18.3. The molecule has 1 aromatic heterocycles. The minimum Gasteiger partial charge on any atom is -0.411 e. The van der Waals surface area contributed by atoms with Gasteiger partial charge in [0.15, 0.2) is 0 Å². The van der Waals surface area contributed by atoms with Crippen LogP contribution in [0, 0.1) is 5.92 Å². The van der Waals surface area contributed by atoms with Crippen LogP contribution in [-0.2, 0) is 11.2 Å². The van der Waals surface area contributed by atoms with E-state index in [4.69, 9.17) is 4.42 Å². The van der Waals surface area contributed by atoms with Crippen molar-refractivity contribution in [1.29, 1.82) is 0 Å². The van der Waals surface area contributed by atoms with E-state index in [0.29, 0.717) is 22.8 Å². The second kappa shape index (κ2) is 9.59. The molecule has 0 saturated carbocycles. The van der Waals surface area contributed by atoms with Crippen molar-refractivity contribution in [2.45, 2.75) is 24.5 Å². The molecule has 0 unspecified atom stereocenters. The maximum absolute atomic E-state index is 12.6. The monoisotopic (exact) mass is 471 g/mol. The number of nitrogens with zero attached hydrogens (tertiary/aromatic N) is 3. The highest BCUT2D eigenvalue weighted by atomic mass is 79.9. The molecular weight excluding hydrogens is 450 g/mol. The van der Waals surface area contributed by atoms with Gasteiger partial charge in [-0.3, -0.25) is 4.79 Å². The van der Waals surface area contributed by atoms with Gasteiger partial charge in [-0.25, -0.2) is 0 Å². The van der Waals surface area contributed by atoms with Gasteiger partial charge in [0.25, 0.3) is 5.22 Å². The molecule has 0 spiro atoms. The van der Waals surface area contributed by atoms with Crippen LogP contribution in [-0.4, -0.2) is 39.8 Å². The quantitative estimate of drug-likeness (QED) is 0.469. The lowest BCUT2D eigenvalue weighted by atomic mass is 9.90. The van der Waals surface area contributed by atoms with Crippen molar-refractivity contribution < 1.29 is 9.21 Å². The standard InChI is InChI=1S/C22H22BrN3O2S/c23-19-9-5-4-8-18(19)21-24-25-22(28-21)29-15-20(27)26-12-10-17(11-13-26)14-16-6-2-1-3-7-16/h1-9,17H,10-15H2. The summed E-state index contributed by atoms with van der Waals surface area (Å²) in [5.74, 6) is 1.56. The van der Waals surface area contributed by atoms with Crippen LogP contribution < -0.4 is 0 Å². The third-order valence-electron chi connectivity index (χ3n) is 5.16. The predicted molar refractivity (Wildman–Crippen MR) is 118 cm³/mol. The van der Waals surface area contributed by atoms with Gasteiger partial charge in [-0.05, 0) is 58.8 Å². The minimum absolute atomic E-state index is 0.133. The summed E-state index contributed by atoms with van der Waals surface area (Å²) in [6.07, 6.45) is 3.20. The Morgan fingerprint density at radius 1 is 1.07 bits per heavy atom. The number of hydrogen-bond acceptors (Lipinski definition) is 5. The van der Waals surface area contributed by atoms with E-state index in [1.165, 1.54) is 17.3 Å². The highest BCUT2D eigenvalue weighted by molar-refractivity contribution is 9.10. The average molecular weight is 472 g/mol. The molecule has 1 amide bonds. The number of thioether (sulfide) groups is 1. The Bertz CT molecular complexity index is 955. The number of rotatable bonds is 6. The number of likely N-dealkylation sites (tertiary alicyclic amines) is 1. The molecule has 5 nitrogen and oxygen atoms in total. The fourth-order valence-corrected chi connectivity index (χ4v) is 4.68. The van der Waals surface area contributed by atoms with E-state index >= 15 is 0 Å². The summed E-state index contributed by atoms with van der Waals surface area (Å²) in [7, 11) is 0. The zero-order valence-corrected chi connectivity index (χ0v) is 18.4. The molecule has 7 heteroatoms. The van der Waals surface area contributed by atoms with Gasteiger partial charge in [-0.15, -0.1) is 10.2 Å². The van der Waals surface area contributed by atoms with Gasteiger partial charge in [0, 0.05) is 17.6 Å². The Morgan fingerprint density at radius 2 is 1.79 bits per heavy atom. The maximum atomic E-state index is 12.6. The van der Waals surface area contributed by atoms with Gasteiger partial charge in [-0.2, -0.15) is 0 Å². The third kappa shape index (κ3) is 5.28. The summed E-state index contributed by atoms with van der Waals surface area (Å²) in [6.45, 7) is 1.64. The number of halogens is 1. The first-order valence-corrected chi connectivity index (χ1v) is 11.5. The van der Waals surface area contributed by atoms with Crippen LogP contribution in [0.3, 0.4) is 0 Å². The molecule has 150 valence electrons. The van der Waals surface area contributed by atoms with Gasteiger partial charge in [-0.1, -0.05) is 54.2 Å². The highest BCUT2D eigenvalue weighted by Crippen LogP contribution is 2.29. The average Bonchev–Trinajstić information content (AvgIpc) is 3.22. The number of carbonyl (C=O) groups excluding carboxylic acids is 1. The normalized spacial score (nSPS) is 14.9. The van der Waals surface area contributed by atoms with Gasteiger partial charge in [0.1, 0.15) is 0 Å². The van der Waals surface area contributed by atoms with Gasteiger partial charge < -0.3 is 9.32 Å². The lowest BCUT2D eigenvalue weighted by Crippen LogP contribution is -2.39. The number of hydrogen-bond donors (Lipinski definition) is 0. The molecule has 1 aliphatic rings. The SMILES string of the molecule is O=C(CSc1nnc(-c2ccccc2Br)o1)N1CCC(Cc2ccccc2)CC1. The molecule has 0 aliphatic carbocycles. The molecule has 0 radical (unpaired) electrons. The Labute approximate surface area is 183 Å². The molecule has 29 heavy (non-hydrogen) atoms. The van der Waals surface area contributed by atoms with Crippen molar-refractivity contribution in [3.05, 3.63) is 64.6 Å². The summed E-state index contributed by atoms with van der Waals surface area (Å²) in [5.41, 5.74) is 2.23. The zero-order chi connectivity index (χ0) is 20.1. The Kier molecular flexibility index (Phi) is 6.67. The van der Waals surface area contributed by atoms with Crippen molar-refractivity contribution in [1.82, 2.24) is 15.1 Å². The van der Waals surface area contributed by atoms with Crippen molar-refractivity contribution in [3.8, 4) is 11.5 Å². The van der Waals surface area contributed by atoms with Gasteiger partial charge in [0.05, 0.1) is 11.3 Å². The van der Waals surface area contributed by atoms with Crippen molar-refractivity contribution in [3.63, 3.8) is 0 Å². The predicted octanol–water partition coefficient (Wildman–Crippen LogP) is 5.07. The lowest BCUT2D eigenvalue weighted by molar-refractivity contribution is -0.129. The van der Waals surface area contributed by atoms with Crippen LogP contribution in [0.25, 0.3) is 11.5 Å². The second-order valence-corrected chi connectivity index (χ2v) is 8.94. The van der Waals surface area contributed by atoms with Crippen LogP contribution in [0.5, 0.6) is 0 Å². The van der Waals surface area contributed by atoms with E-state index in [2.05, 4.69) is 50.4 Å². The molecular formula is C22H22BrN3O2S. The molecule has 0 bridgehead atoms. The number of amides is 1. The third-order valence-corrected chi connectivity index (χ3v) is 6.66. The molecule has 1 saturated heterocycles. The van der Waals surface area contributed by atoms with E-state index in [0.717, 1.165) is 42.4 Å². The van der Waals surface area contributed by atoms with E-state index in [1.807, 2.05) is 35.2 Å². The number of benzene rings is 2. The van der Waals surface area contributed by atoms with Crippen LogP contribution in [0.2, 0.25) is 0 Å². The topological polar surface area (TPSA) is 59.2 Å². The number of piperidine rings is 1. The number of aromatic nitrogens is 2. The maximum Gasteiger partial charge on any atom is 0.277 e. The molecule has 2 heterocycles. The van der Waals surface area contributed by atoms with E-state index in [1.54, 1.807) is 0 Å². The van der Waals surface area contributed by atoms with Crippen molar-refractivity contribution >= 4 is 33.6 Å². The van der Waals surface area contributed by atoms with Crippen molar-refractivity contribution in [2.75, 3.05) is 18.8 Å². The van der Waals surface area contributed by atoms with Crippen LogP contribution in [0.15, 0.2) is 68.7 Å². The fraction of sp³-hybridized carbons (Fsp3) is 0.318. The van der Waals surface area contributed by atoms with Crippen LogP contribution >= 0.6 is 27.7 Å². The first-order chi connectivity index (χ1) is 14.2. The minimum atomic E-state index is 0.133. The Morgan fingerprint density at radius 3 is 2.55 bits per heavy atom. The molecule has 1 fully saturated rings. The van der Waals surface area contributed by atoms with Crippen LogP contribution in [0.1, 0.15) is 18.4 Å². The first kappa shape index (κ1) is 20.2. The molecule has 0 N–H and O–H groups in total. The summed E-state index contributed by atoms with van der Waals surface area (Å²) >= 11 is 4.79. The molecule has 1 aliphatic heterocycles. The smallest absolute Gasteiger partial charge is 0.277 e. The summed E-state index contributed by atoms with van der Waals surface area (Å²) < 4.78 is 6.61. The van der Waals surface area contributed by atoms with Crippen LogP contribution in [0.4, 0.5) is 0 Å². The fourth-order valence-electron chi connectivity index (χ4n) is 3.56. The first-order valence-electron chi connectivity index (χ1n) is 9.72.